The number of rotatable bonds is 7. The lowest BCUT2D eigenvalue weighted by Gasteiger charge is -2.32. The highest BCUT2D eigenvalue weighted by atomic mass is 16.2. The van der Waals surface area contributed by atoms with Gasteiger partial charge in [-0.05, 0) is 79.9 Å². The summed E-state index contributed by atoms with van der Waals surface area (Å²) in [5, 5.41) is 6.21. The molecule has 1 aromatic heterocycles. The van der Waals surface area contributed by atoms with Crippen LogP contribution >= 0.6 is 0 Å². The van der Waals surface area contributed by atoms with Crippen molar-refractivity contribution in [2.24, 2.45) is 0 Å². The van der Waals surface area contributed by atoms with Gasteiger partial charge in [0.15, 0.2) is 5.82 Å². The van der Waals surface area contributed by atoms with Crippen molar-refractivity contribution in [3.05, 3.63) is 106 Å². The Kier molecular flexibility index (Phi) is 9.20. The van der Waals surface area contributed by atoms with E-state index in [2.05, 4.69) is 43.4 Å². The number of aromatic nitrogens is 2. The SMILES string of the molecule is CCn1cc(-c2cccc(NC(=O)c3ccc(C(C)(C)C)cc3)c2C)nc(Nc2ccc(C(=O)N3CCN(C)CC3)cc2)c1=O. The molecule has 1 fully saturated rings. The summed E-state index contributed by atoms with van der Waals surface area (Å²) in [6.07, 6.45) is 1.74. The fraction of sp³-hybridized carbons (Fsp3) is 0.333. The van der Waals surface area contributed by atoms with Gasteiger partial charge < -0.3 is 25.0 Å². The number of anilines is 3. The van der Waals surface area contributed by atoms with E-state index in [1.54, 1.807) is 35.0 Å². The lowest BCUT2D eigenvalue weighted by molar-refractivity contribution is 0.0664. The number of piperazine rings is 1. The zero-order valence-corrected chi connectivity index (χ0v) is 27.0. The molecule has 5 rings (SSSR count). The summed E-state index contributed by atoms with van der Waals surface area (Å²) in [4.78, 5) is 48.2. The Bertz CT molecular complexity index is 1750. The first-order valence-electron chi connectivity index (χ1n) is 15.4. The molecule has 0 unspecified atom stereocenters. The van der Waals surface area contributed by atoms with Crippen LogP contribution in [-0.2, 0) is 12.0 Å². The van der Waals surface area contributed by atoms with Gasteiger partial charge in [0.05, 0.1) is 5.69 Å². The van der Waals surface area contributed by atoms with Crippen LogP contribution < -0.4 is 16.2 Å². The molecule has 0 spiro atoms. The van der Waals surface area contributed by atoms with Crippen LogP contribution in [0.1, 0.15) is 59.5 Å². The largest absolute Gasteiger partial charge is 0.336 e. The van der Waals surface area contributed by atoms with E-state index in [4.69, 9.17) is 4.98 Å². The van der Waals surface area contributed by atoms with E-state index in [9.17, 15) is 14.4 Å². The average Bonchev–Trinajstić information content (AvgIpc) is 3.03. The number of nitrogens with one attached hydrogen (secondary N) is 2. The molecule has 4 aromatic rings. The second kappa shape index (κ2) is 13.1. The molecular formula is C36H42N6O3. The Hall–Kier alpha value is -4.76. The van der Waals surface area contributed by atoms with Crippen molar-refractivity contribution < 1.29 is 9.59 Å². The van der Waals surface area contributed by atoms with Crippen molar-refractivity contribution in [3.8, 4) is 11.3 Å². The number of hydrogen-bond donors (Lipinski definition) is 2. The minimum atomic E-state index is -0.250. The van der Waals surface area contributed by atoms with E-state index in [1.165, 1.54) is 0 Å². The lowest BCUT2D eigenvalue weighted by atomic mass is 9.86. The number of carbonyl (C=O) groups excluding carboxylic acids is 2. The number of amides is 2. The molecule has 9 nitrogen and oxygen atoms in total. The average molecular weight is 607 g/mol. The Labute approximate surface area is 264 Å². The molecule has 0 saturated carbocycles. The first-order chi connectivity index (χ1) is 21.4. The predicted molar refractivity (Wildman–Crippen MR) is 181 cm³/mol. The van der Waals surface area contributed by atoms with Crippen LogP contribution in [0.5, 0.6) is 0 Å². The smallest absolute Gasteiger partial charge is 0.293 e. The third-order valence-electron chi connectivity index (χ3n) is 8.37. The van der Waals surface area contributed by atoms with Crippen molar-refractivity contribution in [1.29, 1.82) is 0 Å². The maximum atomic E-state index is 13.3. The second-order valence-electron chi connectivity index (χ2n) is 12.6. The number of hydrogen-bond acceptors (Lipinski definition) is 6. The Morgan fingerprint density at radius 1 is 0.889 bits per heavy atom. The molecule has 1 aliphatic heterocycles. The zero-order valence-electron chi connectivity index (χ0n) is 27.0. The fourth-order valence-corrected chi connectivity index (χ4v) is 5.38. The minimum Gasteiger partial charge on any atom is -0.336 e. The highest BCUT2D eigenvalue weighted by Crippen LogP contribution is 2.29. The van der Waals surface area contributed by atoms with Gasteiger partial charge in [0, 0.05) is 67.0 Å². The predicted octanol–water partition coefficient (Wildman–Crippen LogP) is 5.92. The number of nitrogens with zero attached hydrogens (tertiary/aromatic N) is 4. The van der Waals surface area contributed by atoms with Crippen LogP contribution in [0.15, 0.2) is 77.7 Å². The molecule has 0 radical (unpaired) electrons. The van der Waals surface area contributed by atoms with Gasteiger partial charge >= 0.3 is 0 Å². The molecule has 1 saturated heterocycles. The van der Waals surface area contributed by atoms with Gasteiger partial charge in [-0.25, -0.2) is 4.98 Å². The van der Waals surface area contributed by atoms with E-state index in [1.807, 2.05) is 61.2 Å². The molecule has 2 heterocycles. The molecule has 45 heavy (non-hydrogen) atoms. The first kappa shape index (κ1) is 31.7. The molecule has 234 valence electrons. The maximum Gasteiger partial charge on any atom is 0.293 e. The first-order valence-corrected chi connectivity index (χ1v) is 15.4. The Morgan fingerprint density at radius 3 is 2.16 bits per heavy atom. The summed E-state index contributed by atoms with van der Waals surface area (Å²) in [7, 11) is 2.06. The lowest BCUT2D eigenvalue weighted by Crippen LogP contribution is -2.47. The highest BCUT2D eigenvalue weighted by molar-refractivity contribution is 6.05. The second-order valence-corrected chi connectivity index (χ2v) is 12.6. The Morgan fingerprint density at radius 2 is 1.53 bits per heavy atom. The summed E-state index contributed by atoms with van der Waals surface area (Å²) in [5.74, 6) is -0.00754. The highest BCUT2D eigenvalue weighted by Gasteiger charge is 2.21. The number of aryl methyl sites for hydroxylation is 1. The van der Waals surface area contributed by atoms with E-state index in [0.29, 0.717) is 47.8 Å². The molecule has 0 aliphatic carbocycles. The standard InChI is InChI=1S/C36H42N6O3/c1-7-41-23-31(29-9-8-10-30(24(29)2)39-33(43)25-11-15-27(16-12-25)36(3,4)5)38-32(35(41)45)37-28-17-13-26(14-18-28)34(44)42-21-19-40(6)20-22-42/h8-18,23H,7,19-22H2,1-6H3,(H,37,38)(H,39,43). The van der Waals surface area contributed by atoms with Crippen LogP contribution in [-0.4, -0.2) is 64.4 Å². The Balaban J connectivity index is 1.37. The van der Waals surface area contributed by atoms with Crippen LogP contribution in [0.3, 0.4) is 0 Å². The topological polar surface area (TPSA) is 99.6 Å². The van der Waals surface area contributed by atoms with Crippen LogP contribution in [0.25, 0.3) is 11.3 Å². The summed E-state index contributed by atoms with van der Waals surface area (Å²) in [6, 6.07) is 20.5. The molecular weight excluding hydrogens is 564 g/mol. The maximum absolute atomic E-state index is 13.3. The van der Waals surface area contributed by atoms with E-state index in [-0.39, 0.29) is 28.6 Å². The fourth-order valence-electron chi connectivity index (χ4n) is 5.38. The van der Waals surface area contributed by atoms with Gasteiger partial charge in [-0.1, -0.05) is 45.0 Å². The molecule has 3 aromatic carbocycles. The van der Waals surface area contributed by atoms with Crippen LogP contribution in [0.4, 0.5) is 17.2 Å². The number of benzene rings is 3. The molecule has 2 amide bonds. The van der Waals surface area contributed by atoms with Crippen molar-refractivity contribution in [3.63, 3.8) is 0 Å². The van der Waals surface area contributed by atoms with Gasteiger partial charge in [0.25, 0.3) is 17.4 Å². The van der Waals surface area contributed by atoms with Gasteiger partial charge in [-0.15, -0.1) is 0 Å². The molecule has 0 bridgehead atoms. The van der Waals surface area contributed by atoms with Crippen LogP contribution in [0, 0.1) is 6.92 Å². The number of carbonyl (C=O) groups is 2. The van der Waals surface area contributed by atoms with Gasteiger partial charge in [-0.3, -0.25) is 14.4 Å². The third-order valence-corrected chi connectivity index (χ3v) is 8.37. The monoisotopic (exact) mass is 606 g/mol. The van der Waals surface area contributed by atoms with E-state index >= 15 is 0 Å². The van der Waals surface area contributed by atoms with E-state index < -0.39 is 0 Å². The summed E-state index contributed by atoms with van der Waals surface area (Å²) in [5.41, 5.74) is 5.66. The molecule has 9 heteroatoms. The zero-order chi connectivity index (χ0) is 32.3. The minimum absolute atomic E-state index is 0.00269. The number of likely N-dealkylation sites (N-methyl/N-ethyl adjacent to an activating group) is 1. The normalized spacial score (nSPS) is 13.9. The molecule has 0 atom stereocenters. The summed E-state index contributed by atoms with van der Waals surface area (Å²) >= 11 is 0. The summed E-state index contributed by atoms with van der Waals surface area (Å²) in [6.45, 7) is 13.8. The summed E-state index contributed by atoms with van der Waals surface area (Å²) < 4.78 is 1.61. The third kappa shape index (κ3) is 7.15. The van der Waals surface area contributed by atoms with Gasteiger partial charge in [0.2, 0.25) is 0 Å². The quantitative estimate of drug-likeness (QED) is 0.271. The molecule has 1 aliphatic rings. The van der Waals surface area contributed by atoms with Crippen LogP contribution in [0.2, 0.25) is 0 Å². The van der Waals surface area contributed by atoms with Gasteiger partial charge in [0.1, 0.15) is 0 Å². The van der Waals surface area contributed by atoms with Gasteiger partial charge in [-0.2, -0.15) is 0 Å². The van der Waals surface area contributed by atoms with E-state index in [0.717, 1.165) is 29.8 Å². The van der Waals surface area contributed by atoms with Crippen molar-refractivity contribution in [2.75, 3.05) is 43.9 Å². The van der Waals surface area contributed by atoms with Crippen molar-refractivity contribution in [1.82, 2.24) is 19.4 Å². The molecule has 2 N–H and O–H groups in total. The van der Waals surface area contributed by atoms with Crippen molar-refractivity contribution >= 4 is 29.0 Å². The van der Waals surface area contributed by atoms with Crippen molar-refractivity contribution in [2.45, 2.75) is 46.6 Å².